The minimum Gasteiger partial charge on any atom is -0.317 e. The van der Waals surface area contributed by atoms with Gasteiger partial charge >= 0.3 is 0 Å². The summed E-state index contributed by atoms with van der Waals surface area (Å²) in [7, 11) is -1.48. The molecule has 2 heterocycles. The van der Waals surface area contributed by atoms with Crippen LogP contribution >= 0.6 is 27.3 Å². The van der Waals surface area contributed by atoms with Gasteiger partial charge in [-0.15, -0.1) is 11.3 Å². The maximum Gasteiger partial charge on any atom is 0.214 e. The fourth-order valence-corrected chi connectivity index (χ4v) is 5.33. The van der Waals surface area contributed by atoms with E-state index in [-0.39, 0.29) is 5.75 Å². The molecule has 4 nitrogen and oxygen atoms in total. The van der Waals surface area contributed by atoms with E-state index >= 15 is 0 Å². The van der Waals surface area contributed by atoms with Gasteiger partial charge in [0.25, 0.3) is 0 Å². The lowest BCUT2D eigenvalue weighted by molar-refractivity contribution is 0.389. The van der Waals surface area contributed by atoms with Crippen molar-refractivity contribution in [3.05, 3.63) is 20.8 Å². The van der Waals surface area contributed by atoms with Gasteiger partial charge in [-0.25, -0.2) is 8.42 Å². The van der Waals surface area contributed by atoms with Gasteiger partial charge in [0.2, 0.25) is 10.0 Å². The van der Waals surface area contributed by atoms with Crippen molar-refractivity contribution in [1.82, 2.24) is 9.62 Å². The highest BCUT2D eigenvalue weighted by Gasteiger charge is 2.25. The minimum atomic E-state index is -3.15. The van der Waals surface area contributed by atoms with Crippen LogP contribution in [-0.4, -0.2) is 38.6 Å². The first-order valence-electron chi connectivity index (χ1n) is 6.35. The van der Waals surface area contributed by atoms with Crippen molar-refractivity contribution in [2.75, 3.05) is 25.9 Å². The van der Waals surface area contributed by atoms with Crippen molar-refractivity contribution >= 4 is 37.3 Å². The van der Waals surface area contributed by atoms with E-state index in [4.69, 9.17) is 0 Å². The van der Waals surface area contributed by atoms with Gasteiger partial charge in [-0.2, -0.15) is 4.31 Å². The van der Waals surface area contributed by atoms with Crippen LogP contribution in [-0.2, 0) is 16.6 Å². The molecule has 1 saturated heterocycles. The summed E-state index contributed by atoms with van der Waals surface area (Å²) in [4.78, 5) is 1.06. The molecule has 19 heavy (non-hydrogen) atoms. The molecule has 0 amide bonds. The van der Waals surface area contributed by atoms with Crippen molar-refractivity contribution in [2.45, 2.75) is 19.4 Å². The molecule has 1 fully saturated rings. The first-order chi connectivity index (χ1) is 8.97. The summed E-state index contributed by atoms with van der Waals surface area (Å²) in [6.45, 7) is 2.33. The first kappa shape index (κ1) is 15.4. The molecule has 0 radical (unpaired) electrons. The lowest BCUT2D eigenvalue weighted by Crippen LogP contribution is -2.36. The predicted octanol–water partition coefficient (Wildman–Crippen LogP) is 2.27. The Labute approximate surface area is 127 Å². The molecule has 0 unspecified atom stereocenters. The summed E-state index contributed by atoms with van der Waals surface area (Å²) >= 11 is 4.96. The van der Waals surface area contributed by atoms with E-state index in [1.165, 1.54) is 4.31 Å². The van der Waals surface area contributed by atoms with Crippen LogP contribution in [0.4, 0.5) is 0 Å². The van der Waals surface area contributed by atoms with E-state index in [0.717, 1.165) is 35.3 Å². The van der Waals surface area contributed by atoms with Crippen LogP contribution in [0, 0.1) is 5.92 Å². The highest BCUT2D eigenvalue weighted by Crippen LogP contribution is 2.23. The highest BCUT2D eigenvalue weighted by molar-refractivity contribution is 9.10. The Bertz CT molecular complexity index is 510. The number of hydrogen-bond donors (Lipinski definition) is 1. The van der Waals surface area contributed by atoms with Gasteiger partial charge < -0.3 is 5.32 Å². The van der Waals surface area contributed by atoms with E-state index in [1.54, 1.807) is 18.4 Å². The molecule has 0 atom stereocenters. The molecule has 1 aliphatic heterocycles. The van der Waals surface area contributed by atoms with Gasteiger partial charge in [-0.1, -0.05) is 0 Å². The third-order valence-corrected chi connectivity index (χ3v) is 7.03. The smallest absolute Gasteiger partial charge is 0.214 e. The van der Waals surface area contributed by atoms with E-state index < -0.39 is 10.0 Å². The summed E-state index contributed by atoms with van der Waals surface area (Å²) < 4.78 is 27.1. The Hall–Kier alpha value is 0.0500. The highest BCUT2D eigenvalue weighted by atomic mass is 79.9. The Morgan fingerprint density at radius 3 is 2.74 bits per heavy atom. The molecular formula is C12H19BrN2O2S2. The number of nitrogens with one attached hydrogen (secondary N) is 1. The summed E-state index contributed by atoms with van der Waals surface area (Å²) in [6, 6.07) is 1.97. The van der Waals surface area contributed by atoms with E-state index in [9.17, 15) is 8.42 Å². The molecule has 1 N–H and O–H groups in total. The molecule has 108 valence electrons. The monoisotopic (exact) mass is 366 g/mol. The zero-order valence-corrected chi connectivity index (χ0v) is 14.2. The summed E-state index contributed by atoms with van der Waals surface area (Å²) in [6.07, 6.45) is 1.91. The van der Waals surface area contributed by atoms with E-state index in [1.807, 2.05) is 11.4 Å². The van der Waals surface area contributed by atoms with Gasteiger partial charge in [0.15, 0.2) is 0 Å². The fraction of sp³-hybridized carbons (Fsp3) is 0.667. The Balaban J connectivity index is 1.94. The average molecular weight is 367 g/mol. The van der Waals surface area contributed by atoms with Gasteiger partial charge in [0.05, 0.1) is 5.75 Å². The Morgan fingerprint density at radius 2 is 2.16 bits per heavy atom. The maximum atomic E-state index is 12.3. The number of thiophene rings is 1. The third-order valence-electron chi connectivity index (χ3n) is 3.38. The summed E-state index contributed by atoms with van der Waals surface area (Å²) in [5.74, 6) is 0.571. The van der Waals surface area contributed by atoms with Crippen LogP contribution in [0.3, 0.4) is 0 Å². The minimum absolute atomic E-state index is 0.276. The normalized spacial score (nSPS) is 18.1. The lowest BCUT2D eigenvalue weighted by Gasteiger charge is -2.25. The molecule has 1 aromatic rings. The average Bonchev–Trinajstić information content (AvgIpc) is 2.75. The number of sulfonamides is 1. The van der Waals surface area contributed by atoms with Crippen LogP contribution in [0.15, 0.2) is 15.9 Å². The van der Waals surface area contributed by atoms with Crippen molar-refractivity contribution < 1.29 is 8.42 Å². The molecular weight excluding hydrogens is 348 g/mol. The number of halogens is 1. The van der Waals surface area contributed by atoms with Gasteiger partial charge in [-0.05, 0) is 53.8 Å². The first-order valence-corrected chi connectivity index (χ1v) is 9.63. The third kappa shape index (κ3) is 4.53. The number of piperidine rings is 1. The Morgan fingerprint density at radius 1 is 1.47 bits per heavy atom. The van der Waals surface area contributed by atoms with Crippen LogP contribution in [0.25, 0.3) is 0 Å². The zero-order valence-electron chi connectivity index (χ0n) is 10.9. The Kier molecular flexibility index (Phi) is 5.42. The van der Waals surface area contributed by atoms with Gasteiger partial charge in [0, 0.05) is 28.3 Å². The van der Waals surface area contributed by atoms with Crippen molar-refractivity contribution in [3.8, 4) is 0 Å². The fourth-order valence-electron chi connectivity index (χ4n) is 2.23. The van der Waals surface area contributed by atoms with E-state index in [2.05, 4.69) is 21.2 Å². The van der Waals surface area contributed by atoms with Crippen LogP contribution in [0.2, 0.25) is 0 Å². The molecule has 2 rings (SSSR count). The SMILES string of the molecule is CN(Cc1cc(Br)cs1)S(=O)(=O)CC1CCNCC1. The number of nitrogens with zero attached hydrogens (tertiary/aromatic N) is 1. The second-order valence-electron chi connectivity index (χ2n) is 4.96. The molecule has 0 aliphatic carbocycles. The van der Waals surface area contributed by atoms with Crippen LogP contribution in [0.1, 0.15) is 17.7 Å². The zero-order chi connectivity index (χ0) is 13.9. The van der Waals surface area contributed by atoms with E-state index in [0.29, 0.717) is 12.5 Å². The predicted molar refractivity (Wildman–Crippen MR) is 82.9 cm³/mol. The second-order valence-corrected chi connectivity index (χ2v) is 8.99. The summed E-state index contributed by atoms with van der Waals surface area (Å²) in [5, 5.41) is 5.24. The molecule has 1 aromatic heterocycles. The largest absolute Gasteiger partial charge is 0.317 e. The topological polar surface area (TPSA) is 49.4 Å². The number of hydrogen-bond acceptors (Lipinski definition) is 4. The van der Waals surface area contributed by atoms with Crippen LogP contribution in [0.5, 0.6) is 0 Å². The molecule has 0 bridgehead atoms. The molecule has 0 aromatic carbocycles. The van der Waals surface area contributed by atoms with Crippen LogP contribution < -0.4 is 5.32 Å². The maximum absolute atomic E-state index is 12.3. The van der Waals surface area contributed by atoms with Crippen molar-refractivity contribution in [3.63, 3.8) is 0 Å². The van der Waals surface area contributed by atoms with Gasteiger partial charge in [0.1, 0.15) is 0 Å². The summed E-state index contributed by atoms with van der Waals surface area (Å²) in [5.41, 5.74) is 0. The molecule has 0 saturated carbocycles. The standard InChI is InChI=1S/C12H19BrN2O2S2/c1-15(7-12-6-11(13)8-18-12)19(16,17)9-10-2-4-14-5-3-10/h6,8,10,14H,2-5,7,9H2,1H3. The lowest BCUT2D eigenvalue weighted by atomic mass is 10.0. The number of rotatable bonds is 5. The second kappa shape index (κ2) is 6.67. The quantitative estimate of drug-likeness (QED) is 0.869. The molecule has 0 spiro atoms. The molecule has 1 aliphatic rings. The van der Waals surface area contributed by atoms with Crippen molar-refractivity contribution in [2.24, 2.45) is 5.92 Å². The van der Waals surface area contributed by atoms with Gasteiger partial charge in [-0.3, -0.25) is 0 Å². The molecule has 7 heteroatoms. The van der Waals surface area contributed by atoms with Crippen molar-refractivity contribution in [1.29, 1.82) is 0 Å².